The molecular weight excluding hydrogens is 447 g/mol. The van der Waals surface area contributed by atoms with Crippen LogP contribution in [-0.2, 0) is 17.9 Å². The first kappa shape index (κ1) is 23.0. The molecule has 3 saturated carbocycles. The number of hydrogen-bond acceptors (Lipinski definition) is 0. The van der Waals surface area contributed by atoms with Crippen LogP contribution in [0.25, 0.3) is 0 Å². The predicted molar refractivity (Wildman–Crippen MR) is 104 cm³/mol. The fourth-order valence-electron chi connectivity index (χ4n) is 5.70. The molecule has 7 heteroatoms. The third-order valence-corrected chi connectivity index (χ3v) is 14.8. The zero-order valence-corrected chi connectivity index (χ0v) is 18.4. The van der Waals surface area contributed by atoms with Crippen molar-refractivity contribution < 1.29 is 35.1 Å². The van der Waals surface area contributed by atoms with E-state index in [0.717, 1.165) is 17.0 Å². The van der Waals surface area contributed by atoms with Crippen molar-refractivity contribution in [1.29, 1.82) is 0 Å². The van der Waals surface area contributed by atoms with Crippen LogP contribution in [0.4, 0.5) is 17.3 Å². The molecule has 3 rings (SSSR count). The predicted octanol–water partition coefficient (Wildman–Crippen LogP) is 7.61. The summed E-state index contributed by atoms with van der Waals surface area (Å²) in [7, 11) is -6.86. The van der Waals surface area contributed by atoms with Crippen LogP contribution in [0.3, 0.4) is 0 Å². The third kappa shape index (κ3) is 6.65. The molecule has 0 N–H and O–H groups in total. The van der Waals surface area contributed by atoms with Gasteiger partial charge in [0.2, 0.25) is 0 Å². The summed E-state index contributed by atoms with van der Waals surface area (Å²) in [6.45, 7) is 0. The molecule has 0 unspecified atom stereocenters. The first-order chi connectivity index (χ1) is 12.4. The molecule has 153 valence electrons. The quantitative estimate of drug-likeness (QED) is 0.220. The van der Waals surface area contributed by atoms with Gasteiger partial charge in [-0.2, -0.15) is 0 Å². The topological polar surface area (TPSA) is 0 Å². The summed E-state index contributed by atoms with van der Waals surface area (Å²) in [5.41, 5.74) is 3.37. The van der Waals surface area contributed by atoms with Crippen LogP contribution in [0.15, 0.2) is 0 Å². The van der Waals surface area contributed by atoms with Crippen molar-refractivity contribution in [2.75, 3.05) is 0 Å². The molecule has 3 fully saturated rings. The van der Waals surface area contributed by atoms with Crippen LogP contribution in [0, 0.1) is 0 Å². The van der Waals surface area contributed by atoms with E-state index in [2.05, 4.69) is 22.2 Å². The number of halogens is 4. The van der Waals surface area contributed by atoms with E-state index in [1.165, 1.54) is 57.8 Å². The maximum absolute atomic E-state index is 9.75. The Hall–Kier alpha value is 0.708. The first-order valence-corrected chi connectivity index (χ1v) is 13.6. The molecule has 0 aliphatic heterocycles. The van der Waals surface area contributed by atoms with Gasteiger partial charge in [-0.15, -0.1) is 0 Å². The molecule has 0 radical (unpaired) electrons. The van der Waals surface area contributed by atoms with Crippen molar-refractivity contribution in [2.45, 2.75) is 113 Å². The van der Waals surface area contributed by atoms with Crippen LogP contribution in [0.2, 0.25) is 0 Å². The average Bonchev–Trinajstić information content (AvgIpc) is 2.64. The molecule has 0 nitrogen and oxygen atoms in total. The Morgan fingerprint density at radius 3 is 1.00 bits per heavy atom. The Morgan fingerprint density at radius 2 is 0.808 bits per heavy atom. The van der Waals surface area contributed by atoms with E-state index >= 15 is 0 Å². The van der Waals surface area contributed by atoms with Gasteiger partial charge in [-0.05, 0) is 0 Å². The van der Waals surface area contributed by atoms with Gasteiger partial charge in [-0.3, -0.25) is 0 Å². The Morgan fingerprint density at radius 1 is 0.577 bits per heavy atom. The van der Waals surface area contributed by atoms with E-state index in [1.54, 1.807) is 38.5 Å². The molecule has 0 atom stereocenters. The molecule has 0 heterocycles. The van der Waals surface area contributed by atoms with Crippen LogP contribution < -0.4 is 0 Å². The van der Waals surface area contributed by atoms with Gasteiger partial charge >= 0.3 is 150 Å². The molecule has 3 aliphatic rings. The van der Waals surface area contributed by atoms with E-state index in [1.807, 2.05) is 0 Å². The zero-order valence-electron chi connectivity index (χ0n) is 15.8. The fourth-order valence-corrected chi connectivity index (χ4v) is 15.0. The Balaban J connectivity index is 0.000000431. The van der Waals surface area contributed by atoms with Crippen molar-refractivity contribution >= 4 is 18.9 Å². The van der Waals surface area contributed by atoms with Gasteiger partial charge in [0.05, 0.1) is 0 Å². The van der Waals surface area contributed by atoms with Crippen molar-refractivity contribution in [1.82, 2.24) is 0 Å². The Kier molecular flexibility index (Phi) is 9.76. The normalized spacial score (nSPS) is 24.6. The van der Waals surface area contributed by atoms with E-state index < -0.39 is 14.5 Å². The van der Waals surface area contributed by atoms with Crippen molar-refractivity contribution in [3.8, 4) is 0 Å². The van der Waals surface area contributed by atoms with Gasteiger partial charge in [0.15, 0.2) is 0 Å². The third-order valence-electron chi connectivity index (χ3n) is 6.78. The van der Waals surface area contributed by atoms with Gasteiger partial charge in [-0.1, -0.05) is 0 Å². The van der Waals surface area contributed by atoms with E-state index in [-0.39, 0.29) is 0 Å². The molecule has 26 heavy (non-hydrogen) atoms. The molecule has 0 amide bonds. The average molecular weight is 481 g/mol. The second kappa shape index (κ2) is 11.0. The van der Waals surface area contributed by atoms with Gasteiger partial charge in [0.25, 0.3) is 0 Å². The maximum atomic E-state index is 9.75. The monoisotopic (exact) mass is 482 g/mol. The summed E-state index contributed by atoms with van der Waals surface area (Å²) in [5.74, 6) is 0. The second-order valence-electron chi connectivity index (χ2n) is 8.36. The van der Waals surface area contributed by atoms with E-state index in [9.17, 15) is 17.3 Å². The first-order valence-electron chi connectivity index (χ1n) is 10.6. The van der Waals surface area contributed by atoms with Crippen LogP contribution in [-0.4, -0.2) is 28.6 Å². The molecule has 0 aromatic heterocycles. The molecule has 0 spiro atoms. The van der Waals surface area contributed by atoms with E-state index in [0.29, 0.717) is 0 Å². The van der Waals surface area contributed by atoms with Gasteiger partial charge in [-0.25, -0.2) is 0 Å². The summed E-state index contributed by atoms with van der Waals surface area (Å²) >= 11 is 3.06. The molecule has 0 bridgehead atoms. The van der Waals surface area contributed by atoms with Crippen molar-refractivity contribution in [3.05, 3.63) is 0 Å². The minimum absolute atomic E-state index is 0.859. The van der Waals surface area contributed by atoms with E-state index in [4.69, 9.17) is 0 Å². The van der Waals surface area contributed by atoms with Gasteiger partial charge in [0.1, 0.15) is 0 Å². The molecule has 3 aliphatic carbocycles. The van der Waals surface area contributed by atoms with Gasteiger partial charge < -0.3 is 17.3 Å². The summed E-state index contributed by atoms with van der Waals surface area (Å²) < 4.78 is 41.8. The Bertz CT molecular complexity index is 363. The van der Waals surface area contributed by atoms with Crippen molar-refractivity contribution in [2.24, 2.45) is 0 Å². The summed E-state index contributed by atoms with van der Waals surface area (Å²) in [5, 5.41) is 0. The standard InChI is InChI=1S/C19H34P.BF4.Ru/c1-20(17-11-5-2-6-12-17,18-13-7-3-8-14-18)19-15-9-4-10-16-19;2-1(3,4)5;/h1,17-19H,2-16H2;;/q+1;-1;+1. The SMILES string of the molecule is F[B-](F)(F)F.[Ru+]=[CH][P+](C1CCCCC1)(C1CCCCC1)C1CCCCC1. The fraction of sp³-hybridized carbons (Fsp3) is 0.947. The number of hydrogen-bond donors (Lipinski definition) is 0. The second-order valence-corrected chi connectivity index (χ2v) is 13.9. The Labute approximate surface area is 167 Å². The summed E-state index contributed by atoms with van der Waals surface area (Å²) in [4.78, 5) is 0. The molecular formula is C19H34BF4PRu+. The number of rotatable bonds is 4. The van der Waals surface area contributed by atoms with Crippen molar-refractivity contribution in [3.63, 3.8) is 0 Å². The van der Waals surface area contributed by atoms with Crippen LogP contribution >= 0.6 is 7.26 Å². The molecule has 0 aromatic rings. The summed E-state index contributed by atoms with van der Waals surface area (Å²) in [6, 6.07) is 0. The minimum atomic E-state index is -6.00. The molecule has 0 saturated heterocycles. The van der Waals surface area contributed by atoms with Crippen LogP contribution in [0.1, 0.15) is 96.3 Å². The molecule has 0 aromatic carbocycles. The summed E-state index contributed by atoms with van der Waals surface area (Å²) in [6.07, 6.45) is 23.2. The van der Waals surface area contributed by atoms with Crippen LogP contribution in [0.5, 0.6) is 0 Å². The van der Waals surface area contributed by atoms with Gasteiger partial charge in [0, 0.05) is 0 Å². The zero-order chi connectivity index (χ0) is 19.0.